The largest absolute Gasteiger partial charge is 0.397 e. The lowest BCUT2D eigenvalue weighted by atomic mass is 9.92. The Bertz CT molecular complexity index is 3800. The van der Waals surface area contributed by atoms with E-state index in [9.17, 15) is 20.1 Å². The van der Waals surface area contributed by atoms with E-state index in [1.165, 1.54) is 12.1 Å². The first-order chi connectivity index (χ1) is 29.9. The van der Waals surface area contributed by atoms with Crippen molar-refractivity contribution >= 4 is 162 Å². The highest BCUT2D eigenvalue weighted by molar-refractivity contribution is 9.13. The summed E-state index contributed by atoms with van der Waals surface area (Å²) in [5, 5.41) is 47.0. The van der Waals surface area contributed by atoms with Crippen LogP contribution in [0.15, 0.2) is 125 Å². The normalized spacial score (nSPS) is 11.1. The molecule has 1 aromatic heterocycles. The van der Waals surface area contributed by atoms with Crippen molar-refractivity contribution in [2.75, 3.05) is 11.5 Å². The summed E-state index contributed by atoms with van der Waals surface area (Å²) in [4.78, 5) is 34.4. The van der Waals surface area contributed by atoms with Crippen LogP contribution in [0, 0.1) is 45.3 Å². The van der Waals surface area contributed by atoms with Crippen molar-refractivity contribution in [2.24, 2.45) is 0 Å². The molecule has 11 rings (SSSR count). The molecule has 1 heterocycles. The second-order valence-electron chi connectivity index (χ2n) is 14.1. The molecule has 4 N–H and O–H groups in total. The van der Waals surface area contributed by atoms with E-state index >= 15 is 0 Å². The first-order valence-corrected chi connectivity index (χ1v) is 21.5. The Morgan fingerprint density at radius 1 is 0.403 bits per heavy atom. The van der Waals surface area contributed by atoms with Gasteiger partial charge in [-0.2, -0.15) is 21.0 Å². The minimum Gasteiger partial charge on any atom is -0.397 e. The maximum atomic E-state index is 12.3. The molecular formula is C48H20Br4N8O2. The molecule has 62 heavy (non-hydrogen) atoms. The number of rotatable bonds is 0. The van der Waals surface area contributed by atoms with E-state index in [-0.39, 0.29) is 11.1 Å². The van der Waals surface area contributed by atoms with Crippen LogP contribution in [0.3, 0.4) is 0 Å². The smallest absolute Gasteiger partial charge is 0.234 e. The lowest BCUT2D eigenvalue weighted by Crippen LogP contribution is -2.24. The third-order valence-electron chi connectivity index (χ3n) is 10.8. The fourth-order valence-corrected chi connectivity index (χ4v) is 10.2. The Morgan fingerprint density at radius 3 is 0.968 bits per heavy atom. The summed E-state index contributed by atoms with van der Waals surface area (Å²) in [5.74, 6) is 0. The molecular weight excluding hydrogens is 1040 g/mol. The van der Waals surface area contributed by atoms with Gasteiger partial charge >= 0.3 is 0 Å². The van der Waals surface area contributed by atoms with Crippen LogP contribution in [-0.2, 0) is 0 Å². The van der Waals surface area contributed by atoms with E-state index < -0.39 is 10.9 Å². The fraction of sp³-hybridized carbons (Fsp3) is 0. The molecule has 11 aromatic rings. The SMILES string of the molecule is N#Cc1cc(N)c(N)cc1C#N.N#Cc1cc2nc3c4cccc5c(Br)c(Br)c6cccc(c3nc2cc1C#N)c6c54.O=c1c(=O)c2cccc3c(Br)c(Br)c4cccc1c4c32. The first-order valence-electron chi connectivity index (χ1n) is 18.3. The predicted molar refractivity (Wildman–Crippen MR) is 260 cm³/mol. The van der Waals surface area contributed by atoms with Gasteiger partial charge in [0.2, 0.25) is 10.9 Å². The Morgan fingerprint density at radius 2 is 0.661 bits per heavy atom. The average Bonchev–Trinajstić information content (AvgIpc) is 3.30. The van der Waals surface area contributed by atoms with Crippen molar-refractivity contribution in [3.05, 3.63) is 158 Å². The van der Waals surface area contributed by atoms with Crippen molar-refractivity contribution in [1.82, 2.24) is 9.97 Å². The quantitative estimate of drug-likeness (QED) is 0.0635. The minimum absolute atomic E-state index is 0.254. The van der Waals surface area contributed by atoms with E-state index in [4.69, 9.17) is 32.0 Å². The number of hydrogen-bond donors (Lipinski definition) is 2. The number of anilines is 2. The van der Waals surface area contributed by atoms with Gasteiger partial charge in [0, 0.05) is 61.0 Å². The molecule has 14 heteroatoms. The summed E-state index contributed by atoms with van der Waals surface area (Å²) < 4.78 is 3.82. The van der Waals surface area contributed by atoms with Crippen LogP contribution >= 0.6 is 63.7 Å². The van der Waals surface area contributed by atoms with Gasteiger partial charge in [-0.15, -0.1) is 0 Å². The number of nitrogens with zero attached hydrogens (tertiary/aromatic N) is 6. The van der Waals surface area contributed by atoms with Crippen LogP contribution in [-0.4, -0.2) is 9.97 Å². The molecule has 10 nitrogen and oxygen atoms in total. The van der Waals surface area contributed by atoms with Crippen LogP contribution in [0.25, 0.3) is 86.7 Å². The highest BCUT2D eigenvalue weighted by Crippen LogP contribution is 2.47. The zero-order valence-electron chi connectivity index (χ0n) is 31.4. The second-order valence-corrected chi connectivity index (χ2v) is 17.3. The lowest BCUT2D eigenvalue weighted by Gasteiger charge is -2.16. The number of nitrogen functional groups attached to an aromatic ring is 2. The Labute approximate surface area is 383 Å². The Hall–Kier alpha value is -7.04. The molecule has 0 aliphatic heterocycles. The van der Waals surface area contributed by atoms with Crippen LogP contribution in [0.2, 0.25) is 0 Å². The Balaban J connectivity index is 0.000000132. The van der Waals surface area contributed by atoms with E-state index in [1.54, 1.807) is 36.4 Å². The summed E-state index contributed by atoms with van der Waals surface area (Å²) in [6.07, 6.45) is 0. The predicted octanol–water partition coefficient (Wildman–Crippen LogP) is 11.8. The van der Waals surface area contributed by atoms with E-state index in [1.807, 2.05) is 36.4 Å². The zero-order valence-corrected chi connectivity index (χ0v) is 37.7. The molecule has 0 saturated heterocycles. The summed E-state index contributed by atoms with van der Waals surface area (Å²) in [6.45, 7) is 0. The minimum atomic E-state index is -0.426. The number of hydrogen-bond acceptors (Lipinski definition) is 10. The highest BCUT2D eigenvalue weighted by atomic mass is 79.9. The van der Waals surface area contributed by atoms with Crippen molar-refractivity contribution in [3.63, 3.8) is 0 Å². The molecule has 0 saturated carbocycles. The van der Waals surface area contributed by atoms with Crippen LogP contribution in [0.4, 0.5) is 11.4 Å². The van der Waals surface area contributed by atoms with Gasteiger partial charge in [-0.25, -0.2) is 9.97 Å². The zero-order chi connectivity index (χ0) is 43.7. The number of benzene rings is 10. The number of nitrogens with two attached hydrogens (primary N) is 2. The van der Waals surface area contributed by atoms with Crippen molar-refractivity contribution in [2.45, 2.75) is 0 Å². The summed E-state index contributed by atoms with van der Waals surface area (Å²) in [7, 11) is 0. The van der Waals surface area contributed by atoms with Gasteiger partial charge in [0.1, 0.15) is 24.3 Å². The third kappa shape index (κ3) is 6.11. The molecule has 0 aliphatic carbocycles. The maximum absolute atomic E-state index is 12.3. The van der Waals surface area contributed by atoms with Crippen molar-refractivity contribution < 1.29 is 0 Å². The maximum Gasteiger partial charge on any atom is 0.234 e. The lowest BCUT2D eigenvalue weighted by molar-refractivity contribution is 1.38. The van der Waals surface area contributed by atoms with Gasteiger partial charge in [0.05, 0.1) is 55.7 Å². The average molecular weight is 1060 g/mol. The van der Waals surface area contributed by atoms with Crippen LogP contribution < -0.4 is 22.3 Å². The highest BCUT2D eigenvalue weighted by Gasteiger charge is 2.21. The fourth-order valence-electron chi connectivity index (χ4n) is 7.99. The molecule has 0 aliphatic rings. The molecule has 0 atom stereocenters. The van der Waals surface area contributed by atoms with Crippen molar-refractivity contribution in [3.8, 4) is 24.3 Å². The van der Waals surface area contributed by atoms with Gasteiger partial charge in [-0.05, 0) is 110 Å². The number of nitriles is 4. The number of fused-ring (bicyclic) bond motifs is 4. The molecule has 10 aromatic carbocycles. The molecule has 0 fully saturated rings. The van der Waals surface area contributed by atoms with Gasteiger partial charge in [-0.1, -0.05) is 72.8 Å². The van der Waals surface area contributed by atoms with Gasteiger partial charge in [0.15, 0.2) is 0 Å². The van der Waals surface area contributed by atoms with Gasteiger partial charge in [0.25, 0.3) is 0 Å². The summed E-state index contributed by atoms with van der Waals surface area (Å²) in [5.41, 5.74) is 14.6. The van der Waals surface area contributed by atoms with Gasteiger partial charge in [-0.3, -0.25) is 9.59 Å². The summed E-state index contributed by atoms with van der Waals surface area (Å²) in [6, 6.07) is 37.3. The topological polar surface area (TPSA) is 207 Å². The molecule has 292 valence electrons. The molecule has 0 radical (unpaired) electrons. The first kappa shape index (κ1) is 40.4. The van der Waals surface area contributed by atoms with Crippen LogP contribution in [0.1, 0.15) is 22.3 Å². The molecule has 0 unspecified atom stereocenters. The molecule has 0 amide bonds. The Kier molecular flexibility index (Phi) is 10.1. The molecule has 0 bridgehead atoms. The molecule has 0 spiro atoms. The summed E-state index contributed by atoms with van der Waals surface area (Å²) >= 11 is 14.7. The number of halogens is 4. The van der Waals surface area contributed by atoms with Crippen LogP contribution in [0.5, 0.6) is 0 Å². The monoisotopic (exact) mass is 1060 g/mol. The number of aromatic nitrogens is 2. The van der Waals surface area contributed by atoms with E-state index in [0.717, 1.165) is 82.8 Å². The van der Waals surface area contributed by atoms with E-state index in [2.05, 4.69) is 100 Å². The van der Waals surface area contributed by atoms with Crippen molar-refractivity contribution in [1.29, 1.82) is 21.0 Å². The third-order valence-corrected chi connectivity index (χ3v) is 15.2. The second kappa shape index (κ2) is 15.5. The van der Waals surface area contributed by atoms with E-state index in [0.29, 0.717) is 44.3 Å². The standard InChI is InChI=1S/C24H8Br2N4.C16H6Br2O2.C8H6N4/c25-21-13-3-1-5-15-19(13)20-14(22(21)26)4-2-6-16(20)24-23(15)29-17-7-11(9-27)12(10-28)8-18(17)30-24;17-13-7-3-1-5-9-11(7)12-8(14(13)18)4-2-6-10(12)16(20)15(9)19;9-3-5-1-7(11)8(12)2-6(5)4-10/h1-8H;1-6H;1-2H,11-12H2. The van der Waals surface area contributed by atoms with Gasteiger partial charge < -0.3 is 11.5 Å².